The maximum absolute atomic E-state index is 11.6. The van der Waals surface area contributed by atoms with Crippen molar-refractivity contribution in [3.05, 3.63) is 23.8 Å². The summed E-state index contributed by atoms with van der Waals surface area (Å²) in [6.07, 6.45) is 3.54. The Labute approximate surface area is 101 Å². The molecular weight excluding hydrogens is 214 g/mol. The molecule has 0 bridgehead atoms. The number of rotatable bonds is 5. The Morgan fingerprint density at radius 2 is 2.24 bits per heavy atom. The van der Waals surface area contributed by atoms with Gasteiger partial charge in [0.15, 0.2) is 0 Å². The average Bonchev–Trinajstić information content (AvgIpc) is 2.32. The number of nitriles is 1. The van der Waals surface area contributed by atoms with E-state index in [0.29, 0.717) is 23.4 Å². The van der Waals surface area contributed by atoms with E-state index in [1.807, 2.05) is 6.07 Å². The maximum atomic E-state index is 11.6. The summed E-state index contributed by atoms with van der Waals surface area (Å²) in [6.45, 7) is 2.09. The predicted octanol–water partition coefficient (Wildman–Crippen LogP) is 2.66. The monoisotopic (exact) mass is 231 g/mol. The van der Waals surface area contributed by atoms with E-state index in [1.165, 1.54) is 0 Å². The lowest BCUT2D eigenvalue weighted by atomic mass is 10.1. The van der Waals surface area contributed by atoms with E-state index >= 15 is 0 Å². The van der Waals surface area contributed by atoms with Crippen molar-refractivity contribution < 1.29 is 4.79 Å². The van der Waals surface area contributed by atoms with Crippen LogP contribution in [0.5, 0.6) is 0 Å². The van der Waals surface area contributed by atoms with Crippen LogP contribution in [0, 0.1) is 11.3 Å². The molecular formula is C13H17N3O. The minimum Gasteiger partial charge on any atom is -0.397 e. The van der Waals surface area contributed by atoms with E-state index in [4.69, 9.17) is 11.0 Å². The van der Waals surface area contributed by atoms with Gasteiger partial charge in [-0.2, -0.15) is 5.26 Å². The molecule has 0 heterocycles. The van der Waals surface area contributed by atoms with Gasteiger partial charge in [-0.3, -0.25) is 4.79 Å². The smallest absolute Gasteiger partial charge is 0.224 e. The molecule has 17 heavy (non-hydrogen) atoms. The Hall–Kier alpha value is -2.02. The molecule has 90 valence electrons. The molecule has 0 spiro atoms. The molecule has 0 aliphatic heterocycles. The maximum Gasteiger partial charge on any atom is 0.224 e. The molecule has 0 fully saturated rings. The largest absolute Gasteiger partial charge is 0.397 e. The molecule has 0 aromatic heterocycles. The zero-order chi connectivity index (χ0) is 12.7. The summed E-state index contributed by atoms with van der Waals surface area (Å²) < 4.78 is 0. The molecule has 0 saturated carbocycles. The number of anilines is 2. The van der Waals surface area contributed by atoms with E-state index in [2.05, 4.69) is 12.2 Å². The van der Waals surface area contributed by atoms with Crippen LogP contribution in [0.2, 0.25) is 0 Å². The van der Waals surface area contributed by atoms with Crippen LogP contribution in [0.15, 0.2) is 18.2 Å². The fourth-order valence-electron chi connectivity index (χ4n) is 1.49. The second-order valence-electron chi connectivity index (χ2n) is 3.92. The Balaban J connectivity index is 2.57. The third-order valence-corrected chi connectivity index (χ3v) is 2.46. The quantitative estimate of drug-likeness (QED) is 0.604. The highest BCUT2D eigenvalue weighted by Crippen LogP contribution is 2.19. The molecule has 1 amide bonds. The normalized spacial score (nSPS) is 9.65. The lowest BCUT2D eigenvalue weighted by molar-refractivity contribution is -0.116. The summed E-state index contributed by atoms with van der Waals surface area (Å²) in [6, 6.07) is 6.85. The van der Waals surface area contributed by atoms with Crippen molar-refractivity contribution in [1.29, 1.82) is 5.26 Å². The summed E-state index contributed by atoms with van der Waals surface area (Å²) in [4.78, 5) is 11.6. The van der Waals surface area contributed by atoms with E-state index in [0.717, 1.165) is 19.3 Å². The number of carbonyl (C=O) groups excluding carboxylic acids is 1. The second kappa shape index (κ2) is 6.54. The van der Waals surface area contributed by atoms with Gasteiger partial charge >= 0.3 is 0 Å². The molecule has 4 nitrogen and oxygen atoms in total. The van der Waals surface area contributed by atoms with Gasteiger partial charge in [0.25, 0.3) is 0 Å². The lowest BCUT2D eigenvalue weighted by Gasteiger charge is -2.08. The second-order valence-corrected chi connectivity index (χ2v) is 3.92. The number of nitrogens with two attached hydrogens (primary N) is 1. The van der Waals surface area contributed by atoms with Crippen molar-refractivity contribution in [2.75, 3.05) is 11.1 Å². The van der Waals surface area contributed by atoms with Crippen LogP contribution in [0.4, 0.5) is 11.4 Å². The molecule has 0 aliphatic rings. The third kappa shape index (κ3) is 4.15. The number of carbonyl (C=O) groups is 1. The van der Waals surface area contributed by atoms with Crippen molar-refractivity contribution >= 4 is 17.3 Å². The molecule has 3 N–H and O–H groups in total. The Morgan fingerprint density at radius 1 is 1.47 bits per heavy atom. The summed E-state index contributed by atoms with van der Waals surface area (Å²) in [5.41, 5.74) is 7.22. The highest BCUT2D eigenvalue weighted by atomic mass is 16.1. The number of unbranched alkanes of at least 4 members (excludes halogenated alkanes) is 2. The molecule has 1 rings (SSSR count). The van der Waals surface area contributed by atoms with Crippen LogP contribution in [0.25, 0.3) is 0 Å². The topological polar surface area (TPSA) is 78.9 Å². The summed E-state index contributed by atoms with van der Waals surface area (Å²) in [5.74, 6) is -0.0325. The first-order valence-corrected chi connectivity index (χ1v) is 5.77. The van der Waals surface area contributed by atoms with Crippen molar-refractivity contribution in [2.24, 2.45) is 0 Å². The zero-order valence-corrected chi connectivity index (χ0v) is 9.99. The molecule has 0 saturated heterocycles. The van der Waals surface area contributed by atoms with Crippen molar-refractivity contribution in [3.63, 3.8) is 0 Å². The average molecular weight is 231 g/mol. The summed E-state index contributed by atoms with van der Waals surface area (Å²) in [5, 5.41) is 11.4. The van der Waals surface area contributed by atoms with Crippen LogP contribution >= 0.6 is 0 Å². The standard InChI is InChI=1S/C13H17N3O/c1-2-3-4-5-13(17)16-12-7-6-10(9-14)8-11(12)15/h6-8H,2-5,15H2,1H3,(H,16,17). The van der Waals surface area contributed by atoms with Gasteiger partial charge in [0.2, 0.25) is 5.91 Å². The van der Waals surface area contributed by atoms with E-state index in [9.17, 15) is 4.79 Å². The van der Waals surface area contributed by atoms with Gasteiger partial charge in [-0.1, -0.05) is 19.8 Å². The molecule has 0 aliphatic carbocycles. The molecule has 0 atom stereocenters. The fraction of sp³-hybridized carbons (Fsp3) is 0.385. The van der Waals surface area contributed by atoms with E-state index < -0.39 is 0 Å². The third-order valence-electron chi connectivity index (χ3n) is 2.46. The fourth-order valence-corrected chi connectivity index (χ4v) is 1.49. The van der Waals surface area contributed by atoms with Crippen LogP contribution in [-0.4, -0.2) is 5.91 Å². The molecule has 4 heteroatoms. The van der Waals surface area contributed by atoms with Crippen LogP contribution < -0.4 is 11.1 Å². The van der Waals surface area contributed by atoms with E-state index in [1.54, 1.807) is 18.2 Å². The summed E-state index contributed by atoms with van der Waals surface area (Å²) >= 11 is 0. The highest BCUT2D eigenvalue weighted by molar-refractivity contribution is 5.93. The highest BCUT2D eigenvalue weighted by Gasteiger charge is 2.05. The number of amides is 1. The Morgan fingerprint density at radius 3 is 2.82 bits per heavy atom. The van der Waals surface area contributed by atoms with Gasteiger partial charge in [0.05, 0.1) is 23.0 Å². The first-order valence-electron chi connectivity index (χ1n) is 5.77. The number of nitrogens with one attached hydrogen (secondary N) is 1. The number of hydrogen-bond acceptors (Lipinski definition) is 3. The number of hydrogen-bond donors (Lipinski definition) is 2. The van der Waals surface area contributed by atoms with Crippen molar-refractivity contribution in [2.45, 2.75) is 32.6 Å². The first-order chi connectivity index (χ1) is 8.17. The predicted molar refractivity (Wildman–Crippen MR) is 68.3 cm³/mol. The number of benzene rings is 1. The van der Waals surface area contributed by atoms with Gasteiger partial charge in [0, 0.05) is 6.42 Å². The minimum absolute atomic E-state index is 0.0325. The molecule has 0 unspecified atom stereocenters. The molecule has 1 aromatic carbocycles. The van der Waals surface area contributed by atoms with Crippen LogP contribution in [0.3, 0.4) is 0 Å². The Bertz CT molecular complexity index is 435. The first kappa shape index (κ1) is 13.0. The van der Waals surface area contributed by atoms with Crippen LogP contribution in [-0.2, 0) is 4.79 Å². The van der Waals surface area contributed by atoms with E-state index in [-0.39, 0.29) is 5.91 Å². The number of nitrogen functional groups attached to an aromatic ring is 1. The van der Waals surface area contributed by atoms with Gasteiger partial charge in [-0.05, 0) is 24.6 Å². The molecule has 1 aromatic rings. The van der Waals surface area contributed by atoms with Crippen molar-refractivity contribution in [3.8, 4) is 6.07 Å². The van der Waals surface area contributed by atoms with Gasteiger partial charge < -0.3 is 11.1 Å². The van der Waals surface area contributed by atoms with Gasteiger partial charge in [-0.15, -0.1) is 0 Å². The Kier molecular flexibility index (Phi) is 5.02. The van der Waals surface area contributed by atoms with Crippen LogP contribution in [0.1, 0.15) is 38.2 Å². The lowest BCUT2D eigenvalue weighted by Crippen LogP contribution is -2.12. The van der Waals surface area contributed by atoms with Crippen molar-refractivity contribution in [1.82, 2.24) is 0 Å². The molecule has 0 radical (unpaired) electrons. The number of nitrogens with zero attached hydrogens (tertiary/aromatic N) is 1. The minimum atomic E-state index is -0.0325. The van der Waals surface area contributed by atoms with Gasteiger partial charge in [-0.25, -0.2) is 0 Å². The summed E-state index contributed by atoms with van der Waals surface area (Å²) in [7, 11) is 0. The van der Waals surface area contributed by atoms with Gasteiger partial charge in [0.1, 0.15) is 0 Å². The zero-order valence-electron chi connectivity index (χ0n) is 9.99. The SMILES string of the molecule is CCCCCC(=O)Nc1ccc(C#N)cc1N.